The maximum atomic E-state index is 12.9. The van der Waals surface area contributed by atoms with Crippen LogP contribution < -0.4 is 15.4 Å². The van der Waals surface area contributed by atoms with Crippen LogP contribution in [-0.2, 0) is 0 Å². The first-order valence-electron chi connectivity index (χ1n) is 8.20. The molecule has 25 heavy (non-hydrogen) atoms. The molecule has 3 N–H and O–H groups in total. The molecule has 0 heterocycles. The number of halogens is 1. The Labute approximate surface area is 146 Å². The van der Waals surface area contributed by atoms with E-state index in [1.54, 1.807) is 0 Å². The number of urea groups is 1. The van der Waals surface area contributed by atoms with Gasteiger partial charge in [-0.15, -0.1) is 0 Å². The average molecular weight is 346 g/mol. The summed E-state index contributed by atoms with van der Waals surface area (Å²) >= 11 is 0. The molecule has 0 radical (unpaired) electrons. The number of hydrogen-bond acceptors (Lipinski definition) is 3. The Balaban J connectivity index is 1.84. The highest BCUT2D eigenvalue weighted by molar-refractivity contribution is 5.74. The highest BCUT2D eigenvalue weighted by Crippen LogP contribution is 2.19. The van der Waals surface area contributed by atoms with Gasteiger partial charge in [0.25, 0.3) is 0 Å². The predicted octanol–water partition coefficient (Wildman–Crippen LogP) is 3.32. The number of rotatable bonds is 7. The Hall–Kier alpha value is -2.60. The van der Waals surface area contributed by atoms with E-state index < -0.39 is 12.1 Å². The Morgan fingerprint density at radius 3 is 2.60 bits per heavy atom. The molecule has 5 nitrogen and oxygen atoms in total. The summed E-state index contributed by atoms with van der Waals surface area (Å²) in [5.74, 6) is 0.380. The highest BCUT2D eigenvalue weighted by atomic mass is 19.1. The van der Waals surface area contributed by atoms with Crippen molar-refractivity contribution in [2.45, 2.75) is 26.0 Å². The van der Waals surface area contributed by atoms with Gasteiger partial charge in [0, 0.05) is 6.54 Å². The molecule has 134 valence electrons. The van der Waals surface area contributed by atoms with Crippen LogP contribution in [0, 0.1) is 5.82 Å². The third kappa shape index (κ3) is 5.76. The van der Waals surface area contributed by atoms with Gasteiger partial charge in [0.2, 0.25) is 0 Å². The fourth-order valence-electron chi connectivity index (χ4n) is 2.36. The van der Waals surface area contributed by atoms with Crippen molar-refractivity contribution in [2.75, 3.05) is 13.2 Å². The lowest BCUT2D eigenvalue weighted by molar-refractivity contribution is 0.172. The molecule has 2 aromatic carbocycles. The number of benzene rings is 2. The molecule has 0 bridgehead atoms. The fourth-order valence-corrected chi connectivity index (χ4v) is 2.36. The summed E-state index contributed by atoms with van der Waals surface area (Å²) in [6.45, 7) is 4.38. The van der Waals surface area contributed by atoms with Crippen LogP contribution in [0.15, 0.2) is 48.5 Å². The molecular weight excluding hydrogens is 323 g/mol. The van der Waals surface area contributed by atoms with Crippen LogP contribution in [-0.4, -0.2) is 24.3 Å². The molecule has 0 saturated carbocycles. The Bertz CT molecular complexity index is 691. The minimum atomic E-state index is -0.900. The van der Waals surface area contributed by atoms with Crippen molar-refractivity contribution in [3.63, 3.8) is 0 Å². The van der Waals surface area contributed by atoms with Crippen LogP contribution in [0.5, 0.6) is 5.75 Å². The summed E-state index contributed by atoms with van der Waals surface area (Å²) in [6, 6.07) is 12.4. The van der Waals surface area contributed by atoms with Gasteiger partial charge in [0.05, 0.1) is 18.8 Å². The van der Waals surface area contributed by atoms with Crippen LogP contribution in [0.1, 0.15) is 37.1 Å². The van der Waals surface area contributed by atoms with E-state index in [9.17, 15) is 14.3 Å². The van der Waals surface area contributed by atoms with E-state index in [2.05, 4.69) is 10.6 Å². The first-order valence-corrected chi connectivity index (χ1v) is 8.20. The summed E-state index contributed by atoms with van der Waals surface area (Å²) in [7, 11) is 0. The van der Waals surface area contributed by atoms with Crippen molar-refractivity contribution in [3.8, 4) is 5.75 Å². The lowest BCUT2D eigenvalue weighted by Crippen LogP contribution is -2.39. The van der Waals surface area contributed by atoms with E-state index in [4.69, 9.17) is 4.74 Å². The standard InChI is InChI=1S/C19H23FN2O3/c1-3-25-17-6-4-5-15(11-17)13(2)22-19(24)21-12-18(23)14-7-9-16(20)10-8-14/h4-11,13,18,23H,3,12H2,1-2H3,(H2,21,22,24). The molecule has 0 aliphatic rings. The van der Waals surface area contributed by atoms with Gasteiger partial charge in [-0.2, -0.15) is 0 Å². The zero-order valence-corrected chi connectivity index (χ0v) is 14.3. The maximum absolute atomic E-state index is 12.9. The monoisotopic (exact) mass is 346 g/mol. The van der Waals surface area contributed by atoms with Crippen molar-refractivity contribution in [1.82, 2.24) is 10.6 Å². The van der Waals surface area contributed by atoms with Gasteiger partial charge in [-0.05, 0) is 49.2 Å². The predicted molar refractivity (Wildman–Crippen MR) is 93.9 cm³/mol. The summed E-state index contributed by atoms with van der Waals surface area (Å²) in [4.78, 5) is 12.0. The van der Waals surface area contributed by atoms with Crippen molar-refractivity contribution in [3.05, 3.63) is 65.5 Å². The zero-order valence-electron chi connectivity index (χ0n) is 14.3. The van der Waals surface area contributed by atoms with Gasteiger partial charge in [-0.1, -0.05) is 24.3 Å². The van der Waals surface area contributed by atoms with E-state index in [-0.39, 0.29) is 18.4 Å². The minimum Gasteiger partial charge on any atom is -0.494 e. The third-order valence-electron chi connectivity index (χ3n) is 3.73. The van der Waals surface area contributed by atoms with E-state index in [1.165, 1.54) is 24.3 Å². The van der Waals surface area contributed by atoms with Gasteiger partial charge in [-0.25, -0.2) is 9.18 Å². The lowest BCUT2D eigenvalue weighted by atomic mass is 10.1. The van der Waals surface area contributed by atoms with Crippen molar-refractivity contribution in [2.24, 2.45) is 0 Å². The molecule has 2 atom stereocenters. The molecule has 2 amide bonds. The lowest BCUT2D eigenvalue weighted by Gasteiger charge is -2.17. The number of nitrogens with one attached hydrogen (secondary N) is 2. The van der Waals surface area contributed by atoms with Crippen LogP contribution in [0.4, 0.5) is 9.18 Å². The smallest absolute Gasteiger partial charge is 0.315 e. The normalized spacial score (nSPS) is 13.0. The first-order chi connectivity index (χ1) is 12.0. The van der Waals surface area contributed by atoms with Gasteiger partial charge < -0.3 is 20.5 Å². The van der Waals surface area contributed by atoms with E-state index in [1.807, 2.05) is 38.1 Å². The number of aliphatic hydroxyl groups excluding tert-OH is 1. The number of aliphatic hydroxyl groups is 1. The molecule has 0 aliphatic heterocycles. The van der Waals surface area contributed by atoms with Gasteiger partial charge in [-0.3, -0.25) is 0 Å². The second kappa shape index (κ2) is 9.03. The molecule has 2 aromatic rings. The Morgan fingerprint density at radius 2 is 1.92 bits per heavy atom. The van der Waals surface area contributed by atoms with E-state index in [0.717, 1.165) is 11.3 Å². The molecule has 0 fully saturated rings. The third-order valence-corrected chi connectivity index (χ3v) is 3.73. The van der Waals surface area contributed by atoms with Crippen molar-refractivity contribution >= 4 is 6.03 Å². The van der Waals surface area contributed by atoms with Gasteiger partial charge in [0.15, 0.2) is 0 Å². The molecule has 6 heteroatoms. The molecule has 0 aliphatic carbocycles. The second-order valence-corrected chi connectivity index (χ2v) is 5.65. The molecule has 0 aromatic heterocycles. The van der Waals surface area contributed by atoms with E-state index >= 15 is 0 Å². The largest absolute Gasteiger partial charge is 0.494 e. The fraction of sp³-hybridized carbons (Fsp3) is 0.316. The molecule has 0 spiro atoms. The molecule has 0 saturated heterocycles. The van der Waals surface area contributed by atoms with Gasteiger partial charge >= 0.3 is 6.03 Å². The topological polar surface area (TPSA) is 70.6 Å². The number of carbonyl (C=O) groups is 1. The summed E-state index contributed by atoms with van der Waals surface area (Å²) in [5, 5.41) is 15.4. The minimum absolute atomic E-state index is 0.0309. The van der Waals surface area contributed by atoms with Crippen molar-refractivity contribution < 1.29 is 19.0 Å². The summed E-state index contributed by atoms with van der Waals surface area (Å²) in [5.41, 5.74) is 1.46. The summed E-state index contributed by atoms with van der Waals surface area (Å²) < 4.78 is 18.3. The first kappa shape index (κ1) is 18.7. The SMILES string of the molecule is CCOc1cccc(C(C)NC(=O)NCC(O)c2ccc(F)cc2)c1. The molecular formula is C19H23FN2O3. The van der Waals surface area contributed by atoms with Crippen LogP contribution in [0.25, 0.3) is 0 Å². The average Bonchev–Trinajstić information content (AvgIpc) is 2.61. The van der Waals surface area contributed by atoms with E-state index in [0.29, 0.717) is 12.2 Å². The Kier molecular flexibility index (Phi) is 6.77. The number of amides is 2. The quantitative estimate of drug-likeness (QED) is 0.720. The summed E-state index contributed by atoms with van der Waals surface area (Å²) in [6.07, 6.45) is -0.900. The maximum Gasteiger partial charge on any atom is 0.315 e. The zero-order chi connectivity index (χ0) is 18.2. The number of hydrogen-bond donors (Lipinski definition) is 3. The Morgan fingerprint density at radius 1 is 1.20 bits per heavy atom. The highest BCUT2D eigenvalue weighted by Gasteiger charge is 2.13. The second-order valence-electron chi connectivity index (χ2n) is 5.65. The molecule has 2 rings (SSSR count). The van der Waals surface area contributed by atoms with Crippen LogP contribution in [0.2, 0.25) is 0 Å². The molecule has 2 unspecified atom stereocenters. The van der Waals surface area contributed by atoms with Gasteiger partial charge in [0.1, 0.15) is 11.6 Å². The number of carbonyl (C=O) groups excluding carboxylic acids is 1. The van der Waals surface area contributed by atoms with Crippen LogP contribution >= 0.6 is 0 Å². The number of ether oxygens (including phenoxy) is 1. The van der Waals surface area contributed by atoms with Crippen molar-refractivity contribution in [1.29, 1.82) is 0 Å². The van der Waals surface area contributed by atoms with Crippen LogP contribution in [0.3, 0.4) is 0 Å².